The Morgan fingerprint density at radius 3 is 3.00 bits per heavy atom. The Hall–Kier alpha value is -0.650. The van der Waals surface area contributed by atoms with E-state index in [0.717, 1.165) is 38.3 Å². The highest BCUT2D eigenvalue weighted by Gasteiger charge is 2.01. The molecule has 0 saturated heterocycles. The Morgan fingerprint density at radius 1 is 1.53 bits per heavy atom. The van der Waals surface area contributed by atoms with Gasteiger partial charge < -0.3 is 19.4 Å². The SMILES string of the molecule is CCCOCCCn1c(CO)c[nH]c1=S. The summed E-state index contributed by atoms with van der Waals surface area (Å²) in [6.07, 6.45) is 3.71. The zero-order valence-corrected chi connectivity index (χ0v) is 9.85. The van der Waals surface area contributed by atoms with Crippen molar-refractivity contribution in [1.82, 2.24) is 9.55 Å². The van der Waals surface area contributed by atoms with Crippen molar-refractivity contribution in [2.75, 3.05) is 13.2 Å². The van der Waals surface area contributed by atoms with Crippen LogP contribution in [0.25, 0.3) is 0 Å². The molecule has 5 heteroatoms. The van der Waals surface area contributed by atoms with Crippen LogP contribution in [0.2, 0.25) is 0 Å². The second kappa shape index (κ2) is 6.76. The third-order valence-corrected chi connectivity index (χ3v) is 2.47. The first kappa shape index (κ1) is 12.4. The van der Waals surface area contributed by atoms with Crippen LogP contribution < -0.4 is 0 Å². The number of aliphatic hydroxyl groups is 1. The summed E-state index contributed by atoms with van der Waals surface area (Å²) >= 11 is 5.10. The lowest BCUT2D eigenvalue weighted by atomic mass is 10.4. The van der Waals surface area contributed by atoms with Gasteiger partial charge >= 0.3 is 0 Å². The Labute approximate surface area is 94.9 Å². The molecule has 1 aromatic rings. The van der Waals surface area contributed by atoms with Gasteiger partial charge in [-0.2, -0.15) is 0 Å². The number of ether oxygens (including phenoxy) is 1. The van der Waals surface area contributed by atoms with Gasteiger partial charge in [-0.15, -0.1) is 0 Å². The number of hydrogen-bond donors (Lipinski definition) is 2. The zero-order valence-electron chi connectivity index (χ0n) is 9.03. The lowest BCUT2D eigenvalue weighted by Crippen LogP contribution is -2.06. The number of aliphatic hydroxyl groups excluding tert-OH is 1. The minimum absolute atomic E-state index is 0.0168. The number of aromatic nitrogens is 2. The minimum atomic E-state index is 0.0168. The van der Waals surface area contributed by atoms with Gasteiger partial charge in [0.1, 0.15) is 0 Å². The molecule has 0 atom stereocenters. The van der Waals surface area contributed by atoms with Crippen molar-refractivity contribution in [3.8, 4) is 0 Å². The molecule has 15 heavy (non-hydrogen) atoms. The molecule has 2 N–H and O–H groups in total. The topological polar surface area (TPSA) is 50.2 Å². The first-order valence-electron chi connectivity index (χ1n) is 5.25. The average molecular weight is 230 g/mol. The van der Waals surface area contributed by atoms with E-state index in [0.29, 0.717) is 4.77 Å². The summed E-state index contributed by atoms with van der Waals surface area (Å²) in [7, 11) is 0. The van der Waals surface area contributed by atoms with Crippen LogP contribution in [0.4, 0.5) is 0 Å². The van der Waals surface area contributed by atoms with Crippen molar-refractivity contribution < 1.29 is 9.84 Å². The number of rotatable bonds is 7. The van der Waals surface area contributed by atoms with Gasteiger partial charge in [-0.1, -0.05) is 6.92 Å². The van der Waals surface area contributed by atoms with Crippen LogP contribution in [-0.4, -0.2) is 27.9 Å². The number of aromatic amines is 1. The van der Waals surface area contributed by atoms with Crippen LogP contribution in [-0.2, 0) is 17.9 Å². The Balaban J connectivity index is 2.36. The third kappa shape index (κ3) is 3.77. The third-order valence-electron chi connectivity index (χ3n) is 2.13. The maximum Gasteiger partial charge on any atom is 0.177 e. The van der Waals surface area contributed by atoms with Crippen LogP contribution in [0.1, 0.15) is 25.5 Å². The molecule has 0 spiro atoms. The summed E-state index contributed by atoms with van der Waals surface area (Å²) in [6.45, 7) is 4.45. The summed E-state index contributed by atoms with van der Waals surface area (Å²) in [5, 5.41) is 9.05. The fourth-order valence-electron chi connectivity index (χ4n) is 1.38. The molecule has 1 heterocycles. The van der Waals surface area contributed by atoms with Gasteiger partial charge in [-0.25, -0.2) is 0 Å². The summed E-state index contributed by atoms with van der Waals surface area (Å²) in [5.74, 6) is 0. The largest absolute Gasteiger partial charge is 0.390 e. The van der Waals surface area contributed by atoms with Gasteiger partial charge in [0.25, 0.3) is 0 Å². The van der Waals surface area contributed by atoms with Gasteiger partial charge in [-0.3, -0.25) is 0 Å². The molecule has 1 aromatic heterocycles. The van der Waals surface area contributed by atoms with Gasteiger partial charge in [0.2, 0.25) is 0 Å². The van der Waals surface area contributed by atoms with Crippen LogP contribution in [0, 0.1) is 4.77 Å². The predicted molar refractivity (Wildman–Crippen MR) is 61.3 cm³/mol. The fraction of sp³-hybridized carbons (Fsp3) is 0.700. The molecule has 0 bridgehead atoms. The molecule has 0 aliphatic rings. The second-order valence-corrected chi connectivity index (χ2v) is 3.75. The lowest BCUT2D eigenvalue weighted by Gasteiger charge is -2.06. The molecule has 1 rings (SSSR count). The van der Waals surface area contributed by atoms with Crippen LogP contribution in [0.15, 0.2) is 6.20 Å². The number of nitrogens with zero attached hydrogens (tertiary/aromatic N) is 1. The highest BCUT2D eigenvalue weighted by molar-refractivity contribution is 7.71. The number of hydrogen-bond acceptors (Lipinski definition) is 3. The summed E-state index contributed by atoms with van der Waals surface area (Å²) in [4.78, 5) is 2.92. The molecule has 0 unspecified atom stereocenters. The molecule has 0 aromatic carbocycles. The summed E-state index contributed by atoms with van der Waals surface area (Å²) in [5.41, 5.74) is 0.829. The Morgan fingerprint density at radius 2 is 2.33 bits per heavy atom. The Bertz CT molecular complexity index is 332. The Kier molecular flexibility index (Phi) is 5.60. The van der Waals surface area contributed by atoms with Gasteiger partial charge in [0, 0.05) is 26.0 Å². The zero-order chi connectivity index (χ0) is 11.1. The van der Waals surface area contributed by atoms with Crippen molar-refractivity contribution in [2.45, 2.75) is 32.9 Å². The molecule has 0 aliphatic heterocycles. The fourth-order valence-corrected chi connectivity index (χ4v) is 1.65. The van der Waals surface area contributed by atoms with E-state index in [1.165, 1.54) is 0 Å². The smallest absolute Gasteiger partial charge is 0.177 e. The highest BCUT2D eigenvalue weighted by Crippen LogP contribution is 2.03. The highest BCUT2D eigenvalue weighted by atomic mass is 32.1. The summed E-state index contributed by atoms with van der Waals surface area (Å²) < 4.78 is 7.94. The first-order chi connectivity index (χ1) is 7.29. The van der Waals surface area contributed by atoms with Gasteiger partial charge in [-0.05, 0) is 25.1 Å². The molecule has 0 amide bonds. The van der Waals surface area contributed by atoms with E-state index in [4.69, 9.17) is 22.1 Å². The van der Waals surface area contributed by atoms with E-state index >= 15 is 0 Å². The number of H-pyrrole nitrogens is 1. The van der Waals surface area contributed by atoms with Crippen LogP contribution >= 0.6 is 12.2 Å². The van der Waals surface area contributed by atoms with Crippen molar-refractivity contribution >= 4 is 12.2 Å². The van der Waals surface area contributed by atoms with Crippen LogP contribution in [0.5, 0.6) is 0 Å². The van der Waals surface area contributed by atoms with E-state index in [1.807, 2.05) is 4.57 Å². The predicted octanol–water partition coefficient (Wildman–Crippen LogP) is 1.85. The summed E-state index contributed by atoms with van der Waals surface area (Å²) in [6, 6.07) is 0. The van der Waals surface area contributed by atoms with E-state index in [-0.39, 0.29) is 6.61 Å². The standard InChI is InChI=1S/C10H18N2O2S/c1-2-5-14-6-3-4-12-9(8-13)7-11-10(12)15/h7,13H,2-6,8H2,1H3,(H,11,15). The first-order valence-corrected chi connectivity index (χ1v) is 5.66. The monoisotopic (exact) mass is 230 g/mol. The lowest BCUT2D eigenvalue weighted by molar-refractivity contribution is 0.128. The molecule has 0 fully saturated rings. The average Bonchev–Trinajstić information content (AvgIpc) is 2.60. The molecular weight excluding hydrogens is 212 g/mol. The van der Waals surface area contributed by atoms with Crippen molar-refractivity contribution in [3.05, 3.63) is 16.7 Å². The van der Waals surface area contributed by atoms with Crippen molar-refractivity contribution in [3.63, 3.8) is 0 Å². The molecule has 4 nitrogen and oxygen atoms in total. The number of nitrogens with one attached hydrogen (secondary N) is 1. The second-order valence-electron chi connectivity index (χ2n) is 3.36. The molecular formula is C10H18N2O2S. The van der Waals surface area contributed by atoms with Gasteiger partial charge in [0.15, 0.2) is 4.77 Å². The maximum absolute atomic E-state index is 9.05. The molecule has 0 saturated carbocycles. The minimum Gasteiger partial charge on any atom is -0.390 e. The normalized spacial score (nSPS) is 10.8. The molecule has 0 aliphatic carbocycles. The van der Waals surface area contributed by atoms with Crippen molar-refractivity contribution in [1.29, 1.82) is 0 Å². The van der Waals surface area contributed by atoms with Crippen LogP contribution in [0.3, 0.4) is 0 Å². The van der Waals surface area contributed by atoms with E-state index in [1.54, 1.807) is 6.20 Å². The maximum atomic E-state index is 9.05. The molecule has 86 valence electrons. The van der Waals surface area contributed by atoms with E-state index in [2.05, 4.69) is 11.9 Å². The van der Waals surface area contributed by atoms with E-state index in [9.17, 15) is 0 Å². The van der Waals surface area contributed by atoms with Gasteiger partial charge in [0.05, 0.1) is 12.3 Å². The molecule has 0 radical (unpaired) electrons. The quantitative estimate of drug-likeness (QED) is 0.555. The van der Waals surface area contributed by atoms with E-state index < -0.39 is 0 Å². The number of imidazole rings is 1. The van der Waals surface area contributed by atoms with Crippen molar-refractivity contribution in [2.24, 2.45) is 0 Å².